The molecule has 1 amide bonds. The van der Waals surface area contributed by atoms with Crippen LogP contribution in [0.5, 0.6) is 0 Å². The highest BCUT2D eigenvalue weighted by Gasteiger charge is 2.80. The third-order valence-electron chi connectivity index (χ3n) is 15.7. The number of nitrogens with zero attached hydrogens (tertiary/aromatic N) is 1. The van der Waals surface area contributed by atoms with Crippen LogP contribution in [0.4, 0.5) is 0 Å². The van der Waals surface area contributed by atoms with E-state index in [1.54, 1.807) is 13.8 Å². The van der Waals surface area contributed by atoms with Crippen molar-refractivity contribution in [1.29, 1.82) is 0 Å². The third kappa shape index (κ3) is 5.18. The maximum Gasteiger partial charge on any atom is 0.303 e. The first-order valence-electron chi connectivity index (χ1n) is 19.3. The normalized spacial score (nSPS) is 47.4. The molecule has 0 aromatic heterocycles. The molecule has 0 aromatic rings. The van der Waals surface area contributed by atoms with Gasteiger partial charge in [0.2, 0.25) is 5.91 Å². The molecule has 6 aliphatic carbocycles. The van der Waals surface area contributed by atoms with E-state index in [9.17, 15) is 14.7 Å². The minimum atomic E-state index is -1.15. The van der Waals surface area contributed by atoms with Gasteiger partial charge in [0.15, 0.2) is 12.4 Å². The molecule has 2 saturated heterocycles. The number of hydrogen-bond acceptors (Lipinski definition) is 7. The largest absolute Gasteiger partial charge is 0.457 e. The minimum absolute atomic E-state index is 0. The Balaban J connectivity index is 0.00000364. The monoisotopic (exact) mass is 657 g/mol. The molecule has 47 heavy (non-hydrogen) atoms. The molecule has 8 aliphatic rings. The van der Waals surface area contributed by atoms with Crippen LogP contribution < -0.4 is 0 Å². The highest BCUT2D eigenvalue weighted by atomic mass is 16.7. The smallest absolute Gasteiger partial charge is 0.303 e. The summed E-state index contributed by atoms with van der Waals surface area (Å²) in [7, 11) is 0. The highest BCUT2D eigenvalue weighted by Crippen LogP contribution is 2.87. The van der Waals surface area contributed by atoms with Crippen molar-refractivity contribution in [3.05, 3.63) is 0 Å². The van der Waals surface area contributed by atoms with Crippen molar-refractivity contribution in [2.45, 2.75) is 161 Å². The van der Waals surface area contributed by atoms with Crippen LogP contribution in [-0.4, -0.2) is 77.9 Å². The van der Waals surface area contributed by atoms with Crippen molar-refractivity contribution >= 4 is 11.9 Å². The second-order valence-electron chi connectivity index (χ2n) is 18.9. The Hall–Kier alpha value is -1.22. The summed E-state index contributed by atoms with van der Waals surface area (Å²) in [6.07, 6.45) is 14.2. The number of hydrogen-bond donors (Lipinski definition) is 1. The molecule has 8 fully saturated rings. The average molecular weight is 658 g/mol. The standard InChI is InChI=1S/C39H61NO7.H2/c1-23(41)45-34(36(4,5)43)28-11-9-26-29(46-28)20-27-25-10-12-30-35(2,3)31(13-14-39(30)22-38(25,39)16-15-37(26,27)6)47-33-21-40(17-18-44-33)32(42)19-24-7-8-24;/h24-31,33-34,43H,7-22H2,1-6H3;1H/t25?,26?,27?,28?,29?,30?,31-,33?,34-,37?,38?,39+;/m0./s1. The van der Waals surface area contributed by atoms with Gasteiger partial charge in [0.1, 0.15) is 0 Å². The van der Waals surface area contributed by atoms with E-state index in [4.69, 9.17) is 18.9 Å². The predicted molar refractivity (Wildman–Crippen MR) is 178 cm³/mol. The quantitative estimate of drug-likeness (QED) is 0.312. The molecule has 12 atom stereocenters. The number of carbonyl (C=O) groups excluding carboxylic acids is 2. The molecular weight excluding hydrogens is 594 g/mol. The number of morpholine rings is 1. The van der Waals surface area contributed by atoms with Gasteiger partial charge in [-0.05, 0) is 142 Å². The molecule has 0 aromatic carbocycles. The Morgan fingerprint density at radius 2 is 1.74 bits per heavy atom. The van der Waals surface area contributed by atoms with E-state index in [1.165, 1.54) is 58.3 Å². The Labute approximate surface area is 283 Å². The van der Waals surface area contributed by atoms with Crippen LogP contribution in [0.3, 0.4) is 0 Å². The molecule has 8 heteroatoms. The van der Waals surface area contributed by atoms with Gasteiger partial charge in [-0.15, -0.1) is 0 Å². The lowest BCUT2D eigenvalue weighted by Crippen LogP contribution is -2.56. The van der Waals surface area contributed by atoms with Gasteiger partial charge < -0.3 is 29.0 Å². The number of carbonyl (C=O) groups is 2. The first-order valence-corrected chi connectivity index (χ1v) is 19.3. The summed E-state index contributed by atoms with van der Waals surface area (Å²) in [5.74, 6) is 3.15. The average Bonchev–Trinajstić information content (AvgIpc) is 3.92. The summed E-state index contributed by atoms with van der Waals surface area (Å²) in [4.78, 5) is 26.8. The summed E-state index contributed by atoms with van der Waals surface area (Å²) >= 11 is 0. The summed E-state index contributed by atoms with van der Waals surface area (Å²) in [6, 6.07) is 0. The van der Waals surface area contributed by atoms with E-state index in [1.807, 2.05) is 4.90 Å². The lowest BCUT2D eigenvalue weighted by Gasteiger charge is -2.60. The Kier molecular flexibility index (Phi) is 7.81. The topological polar surface area (TPSA) is 94.5 Å². The van der Waals surface area contributed by atoms with Crippen molar-refractivity contribution in [3.63, 3.8) is 0 Å². The van der Waals surface area contributed by atoms with Gasteiger partial charge in [0, 0.05) is 21.3 Å². The fourth-order valence-electron chi connectivity index (χ4n) is 13.4. The van der Waals surface area contributed by atoms with Crippen LogP contribution in [0.25, 0.3) is 0 Å². The fourth-order valence-corrected chi connectivity index (χ4v) is 13.4. The Bertz CT molecular complexity index is 1270. The lowest BCUT2D eigenvalue weighted by molar-refractivity contribution is -0.244. The van der Waals surface area contributed by atoms with Crippen LogP contribution >= 0.6 is 0 Å². The molecule has 0 bridgehead atoms. The van der Waals surface area contributed by atoms with Crippen molar-refractivity contribution < 1.29 is 35.1 Å². The molecule has 8 rings (SSSR count). The van der Waals surface area contributed by atoms with E-state index in [-0.39, 0.29) is 43.3 Å². The molecular formula is C39H63NO7. The van der Waals surface area contributed by atoms with Crippen LogP contribution in [0.2, 0.25) is 0 Å². The zero-order chi connectivity index (χ0) is 33.1. The summed E-state index contributed by atoms with van der Waals surface area (Å²) in [5.41, 5.74) is 0.103. The first-order chi connectivity index (χ1) is 22.2. The molecule has 0 radical (unpaired) electrons. The van der Waals surface area contributed by atoms with Crippen LogP contribution in [0.15, 0.2) is 0 Å². The number of fused-ring (bicyclic) bond motifs is 4. The molecule has 1 N–H and O–H groups in total. The van der Waals surface area contributed by atoms with E-state index in [0.717, 1.165) is 31.6 Å². The van der Waals surface area contributed by atoms with E-state index in [2.05, 4.69) is 20.8 Å². The third-order valence-corrected chi connectivity index (χ3v) is 15.7. The maximum atomic E-state index is 12.9. The van der Waals surface area contributed by atoms with Crippen molar-refractivity contribution in [1.82, 2.24) is 4.90 Å². The SMILES string of the molecule is CC(=O)O[C@@H](C1CCC2C(CC3C4CCC5C(C)(C)[C@@H](OC6CN(C(=O)CC7CC7)CCO6)CC[C@@]56CC46CCC23C)O1)C(C)(C)O.[HH]. The van der Waals surface area contributed by atoms with E-state index >= 15 is 0 Å². The van der Waals surface area contributed by atoms with Crippen LogP contribution in [0.1, 0.15) is 126 Å². The number of amides is 1. The van der Waals surface area contributed by atoms with Crippen molar-refractivity contribution in [3.8, 4) is 0 Å². The molecule has 6 saturated carbocycles. The van der Waals surface area contributed by atoms with E-state index in [0.29, 0.717) is 66.0 Å². The number of esters is 1. The summed E-state index contributed by atoms with van der Waals surface area (Å²) in [5, 5.41) is 10.9. The van der Waals surface area contributed by atoms with Gasteiger partial charge in [-0.2, -0.15) is 0 Å². The zero-order valence-corrected chi connectivity index (χ0v) is 29.9. The number of aliphatic hydroxyl groups is 1. The van der Waals surface area contributed by atoms with Crippen LogP contribution in [0, 0.1) is 51.2 Å². The van der Waals surface area contributed by atoms with Gasteiger partial charge in [0.05, 0.1) is 37.1 Å². The Morgan fingerprint density at radius 1 is 0.979 bits per heavy atom. The highest BCUT2D eigenvalue weighted by molar-refractivity contribution is 5.76. The first kappa shape index (κ1) is 33.0. The zero-order valence-electron chi connectivity index (χ0n) is 29.9. The lowest BCUT2D eigenvalue weighted by atomic mass is 9.46. The van der Waals surface area contributed by atoms with Gasteiger partial charge in [-0.3, -0.25) is 9.59 Å². The maximum absolute atomic E-state index is 12.9. The van der Waals surface area contributed by atoms with Crippen molar-refractivity contribution in [2.75, 3.05) is 19.7 Å². The number of ether oxygens (including phenoxy) is 4. The summed E-state index contributed by atoms with van der Waals surface area (Å²) in [6.45, 7) is 14.2. The molecule has 8 nitrogen and oxygen atoms in total. The second kappa shape index (κ2) is 11.1. The molecule has 2 aliphatic heterocycles. The van der Waals surface area contributed by atoms with E-state index < -0.39 is 11.7 Å². The minimum Gasteiger partial charge on any atom is -0.457 e. The Morgan fingerprint density at radius 3 is 2.47 bits per heavy atom. The second-order valence-corrected chi connectivity index (χ2v) is 18.9. The van der Waals surface area contributed by atoms with Crippen molar-refractivity contribution in [2.24, 2.45) is 51.2 Å². The predicted octanol–water partition coefficient (Wildman–Crippen LogP) is 6.51. The molecule has 2 heterocycles. The molecule has 2 spiro atoms. The molecule has 9 unspecified atom stereocenters. The summed E-state index contributed by atoms with van der Waals surface area (Å²) < 4.78 is 25.5. The van der Waals surface area contributed by atoms with Gasteiger partial charge in [-0.1, -0.05) is 20.8 Å². The van der Waals surface area contributed by atoms with Gasteiger partial charge in [-0.25, -0.2) is 0 Å². The van der Waals surface area contributed by atoms with Gasteiger partial charge >= 0.3 is 5.97 Å². The fraction of sp³-hybridized carbons (Fsp3) is 0.949. The number of rotatable bonds is 7. The van der Waals surface area contributed by atoms with Crippen LogP contribution in [-0.2, 0) is 28.5 Å². The molecule has 266 valence electrons. The van der Waals surface area contributed by atoms with Gasteiger partial charge in [0.25, 0.3) is 0 Å².